The van der Waals surface area contributed by atoms with E-state index in [-0.39, 0.29) is 0 Å². The molecule has 0 amide bonds. The molecule has 16 heavy (non-hydrogen) atoms. The number of hydrogen-bond acceptors (Lipinski definition) is 6. The lowest BCUT2D eigenvalue weighted by Gasteiger charge is -2.10. The largest absolute Gasteiger partial charge is 0.329 e. The summed E-state index contributed by atoms with van der Waals surface area (Å²) in [7, 11) is 0. The van der Waals surface area contributed by atoms with Crippen molar-refractivity contribution in [1.82, 2.24) is 10.6 Å². The van der Waals surface area contributed by atoms with Crippen LogP contribution in [0.4, 0.5) is 0 Å². The second kappa shape index (κ2) is 12.8. The van der Waals surface area contributed by atoms with Gasteiger partial charge in [0.1, 0.15) is 0 Å². The van der Waals surface area contributed by atoms with Crippen molar-refractivity contribution in [2.75, 3.05) is 39.3 Å². The SMILES string of the molecule is CC(C)(C)OO.NCCNCCNCCN. The van der Waals surface area contributed by atoms with Crippen LogP contribution in [-0.2, 0) is 4.89 Å². The molecule has 100 valence electrons. The Hall–Kier alpha value is -0.240. The number of rotatable bonds is 7. The fourth-order valence-corrected chi connectivity index (χ4v) is 0.631. The monoisotopic (exact) mass is 236 g/mol. The van der Waals surface area contributed by atoms with Crippen LogP contribution in [0.5, 0.6) is 0 Å². The van der Waals surface area contributed by atoms with Crippen LogP contribution in [0.3, 0.4) is 0 Å². The van der Waals surface area contributed by atoms with E-state index in [1.165, 1.54) is 0 Å². The van der Waals surface area contributed by atoms with Gasteiger partial charge in [0.25, 0.3) is 0 Å². The first kappa shape index (κ1) is 18.1. The zero-order chi connectivity index (χ0) is 12.9. The first-order valence-corrected chi connectivity index (χ1v) is 5.62. The predicted molar refractivity (Wildman–Crippen MR) is 67.3 cm³/mol. The van der Waals surface area contributed by atoms with Crippen LogP contribution in [0.2, 0.25) is 0 Å². The van der Waals surface area contributed by atoms with Gasteiger partial charge in [0.15, 0.2) is 0 Å². The van der Waals surface area contributed by atoms with Crippen molar-refractivity contribution in [3.63, 3.8) is 0 Å². The topological polar surface area (TPSA) is 106 Å². The normalized spacial score (nSPS) is 10.9. The van der Waals surface area contributed by atoms with Crippen molar-refractivity contribution < 1.29 is 10.1 Å². The van der Waals surface area contributed by atoms with E-state index in [0.717, 1.165) is 26.2 Å². The Morgan fingerprint density at radius 2 is 1.25 bits per heavy atom. The smallest absolute Gasteiger partial charge is 0.0949 e. The molecule has 0 fully saturated rings. The molecule has 0 saturated carbocycles. The van der Waals surface area contributed by atoms with E-state index < -0.39 is 5.60 Å². The summed E-state index contributed by atoms with van der Waals surface area (Å²) >= 11 is 0. The highest BCUT2D eigenvalue weighted by Gasteiger charge is 2.06. The second-order valence-electron chi connectivity index (χ2n) is 4.28. The van der Waals surface area contributed by atoms with Gasteiger partial charge in [-0.15, -0.1) is 0 Å². The minimum atomic E-state index is -0.403. The minimum absolute atomic E-state index is 0.403. The Bertz CT molecular complexity index is 120. The Labute approximate surface area is 98.6 Å². The van der Waals surface area contributed by atoms with Gasteiger partial charge in [-0.2, -0.15) is 0 Å². The molecular weight excluding hydrogens is 208 g/mol. The molecule has 0 aromatic heterocycles. The average Bonchev–Trinajstić information content (AvgIpc) is 2.23. The Balaban J connectivity index is 0. The van der Waals surface area contributed by atoms with Gasteiger partial charge < -0.3 is 22.1 Å². The van der Waals surface area contributed by atoms with Crippen LogP contribution in [0.25, 0.3) is 0 Å². The van der Waals surface area contributed by atoms with Crippen molar-refractivity contribution >= 4 is 0 Å². The highest BCUT2D eigenvalue weighted by molar-refractivity contribution is 4.53. The number of hydrogen-bond donors (Lipinski definition) is 5. The van der Waals surface area contributed by atoms with Crippen molar-refractivity contribution in [3.8, 4) is 0 Å². The molecule has 0 unspecified atom stereocenters. The van der Waals surface area contributed by atoms with E-state index in [0.29, 0.717) is 13.1 Å². The van der Waals surface area contributed by atoms with E-state index in [2.05, 4.69) is 15.5 Å². The summed E-state index contributed by atoms with van der Waals surface area (Å²) in [5.74, 6) is 0. The molecule has 0 heterocycles. The summed E-state index contributed by atoms with van der Waals surface area (Å²) in [6.45, 7) is 10.4. The van der Waals surface area contributed by atoms with Crippen molar-refractivity contribution in [3.05, 3.63) is 0 Å². The van der Waals surface area contributed by atoms with E-state index in [1.807, 2.05) is 0 Å². The lowest BCUT2D eigenvalue weighted by Crippen LogP contribution is -2.32. The van der Waals surface area contributed by atoms with E-state index in [9.17, 15) is 0 Å². The van der Waals surface area contributed by atoms with Crippen LogP contribution >= 0.6 is 0 Å². The highest BCUT2D eigenvalue weighted by atomic mass is 17.1. The maximum atomic E-state index is 7.90. The summed E-state index contributed by atoms with van der Waals surface area (Å²) in [6, 6.07) is 0. The molecule has 0 aromatic rings. The van der Waals surface area contributed by atoms with Gasteiger partial charge in [-0.1, -0.05) is 0 Å². The first-order chi connectivity index (χ1) is 7.47. The third kappa shape index (κ3) is 23.5. The van der Waals surface area contributed by atoms with Crippen molar-refractivity contribution in [1.29, 1.82) is 0 Å². The summed E-state index contributed by atoms with van der Waals surface area (Å²) in [6.07, 6.45) is 0. The zero-order valence-corrected chi connectivity index (χ0v) is 10.8. The van der Waals surface area contributed by atoms with Gasteiger partial charge in [-0.3, -0.25) is 5.26 Å². The molecule has 0 atom stereocenters. The summed E-state index contributed by atoms with van der Waals surface area (Å²) in [5, 5.41) is 14.2. The van der Waals surface area contributed by atoms with Crippen LogP contribution in [-0.4, -0.2) is 50.1 Å². The molecule has 0 aromatic carbocycles. The van der Waals surface area contributed by atoms with Crippen LogP contribution in [0.1, 0.15) is 20.8 Å². The third-order valence-corrected chi connectivity index (χ3v) is 1.39. The quantitative estimate of drug-likeness (QED) is 0.229. The molecule has 0 radical (unpaired) electrons. The van der Waals surface area contributed by atoms with Crippen LogP contribution in [0.15, 0.2) is 0 Å². The summed E-state index contributed by atoms with van der Waals surface area (Å²) in [4.78, 5) is 3.94. The first-order valence-electron chi connectivity index (χ1n) is 5.62. The van der Waals surface area contributed by atoms with Gasteiger partial charge in [0.2, 0.25) is 0 Å². The van der Waals surface area contributed by atoms with Crippen LogP contribution < -0.4 is 22.1 Å². The van der Waals surface area contributed by atoms with E-state index in [1.54, 1.807) is 20.8 Å². The fraction of sp³-hybridized carbons (Fsp3) is 1.00. The molecule has 0 bridgehead atoms. The minimum Gasteiger partial charge on any atom is -0.329 e. The lowest BCUT2D eigenvalue weighted by atomic mass is 10.2. The van der Waals surface area contributed by atoms with Gasteiger partial charge in [0.05, 0.1) is 5.60 Å². The zero-order valence-electron chi connectivity index (χ0n) is 10.8. The van der Waals surface area contributed by atoms with Gasteiger partial charge in [0, 0.05) is 39.3 Å². The lowest BCUT2D eigenvalue weighted by molar-refractivity contribution is -0.306. The Morgan fingerprint density at radius 3 is 1.44 bits per heavy atom. The molecule has 0 spiro atoms. The molecular formula is C10H28N4O2. The molecule has 6 heteroatoms. The second-order valence-corrected chi connectivity index (χ2v) is 4.28. The van der Waals surface area contributed by atoms with Crippen molar-refractivity contribution in [2.24, 2.45) is 11.5 Å². The predicted octanol–water partition coefficient (Wildman–Crippen LogP) is -0.642. The summed E-state index contributed by atoms with van der Waals surface area (Å²) in [5.41, 5.74) is 10.1. The Morgan fingerprint density at radius 1 is 0.938 bits per heavy atom. The third-order valence-electron chi connectivity index (χ3n) is 1.39. The van der Waals surface area contributed by atoms with E-state index >= 15 is 0 Å². The van der Waals surface area contributed by atoms with Gasteiger partial charge in [-0.25, -0.2) is 4.89 Å². The fourth-order valence-electron chi connectivity index (χ4n) is 0.631. The Kier molecular flexibility index (Phi) is 14.5. The molecule has 7 N–H and O–H groups in total. The molecule has 0 aliphatic rings. The maximum Gasteiger partial charge on any atom is 0.0949 e. The molecule has 0 aliphatic heterocycles. The number of nitrogens with two attached hydrogens (primary N) is 2. The van der Waals surface area contributed by atoms with Crippen molar-refractivity contribution in [2.45, 2.75) is 26.4 Å². The number of nitrogens with one attached hydrogen (secondary N) is 2. The van der Waals surface area contributed by atoms with Crippen LogP contribution in [0, 0.1) is 0 Å². The maximum absolute atomic E-state index is 7.90. The molecule has 6 nitrogen and oxygen atoms in total. The summed E-state index contributed by atoms with van der Waals surface area (Å²) < 4.78 is 0. The van der Waals surface area contributed by atoms with Gasteiger partial charge in [-0.05, 0) is 20.8 Å². The highest BCUT2D eigenvalue weighted by Crippen LogP contribution is 2.01. The van der Waals surface area contributed by atoms with Gasteiger partial charge >= 0.3 is 0 Å². The van der Waals surface area contributed by atoms with E-state index in [4.69, 9.17) is 16.7 Å². The molecule has 0 rings (SSSR count). The average molecular weight is 236 g/mol. The standard InChI is InChI=1S/C6H18N4.C4H10O2/c7-1-3-9-5-6-10-4-2-8;1-4(2,3)6-5/h9-10H,1-8H2;5H,1-3H3. The molecule has 0 saturated heterocycles. The molecule has 0 aliphatic carbocycles.